The van der Waals surface area contributed by atoms with E-state index in [2.05, 4.69) is 29.2 Å². The Morgan fingerprint density at radius 1 is 1.31 bits per heavy atom. The van der Waals surface area contributed by atoms with Crippen molar-refractivity contribution in [2.75, 3.05) is 19.6 Å². The summed E-state index contributed by atoms with van der Waals surface area (Å²) in [5, 5.41) is 6.81. The molecule has 0 bridgehead atoms. The van der Waals surface area contributed by atoms with Crippen LogP contribution >= 0.6 is 0 Å². The van der Waals surface area contributed by atoms with Gasteiger partial charge < -0.3 is 15.4 Å². The highest BCUT2D eigenvalue weighted by molar-refractivity contribution is 5.37. The van der Waals surface area contributed by atoms with Crippen LogP contribution in [0.2, 0.25) is 0 Å². The van der Waals surface area contributed by atoms with Crippen LogP contribution in [0.15, 0.2) is 0 Å². The lowest BCUT2D eigenvalue weighted by Crippen LogP contribution is -2.50. The predicted octanol–water partition coefficient (Wildman–Crippen LogP) is 1.16. The monoisotopic (exact) mass is 230 g/mol. The average molecular weight is 230 g/mol. The molecule has 0 aromatic rings. The molecular weight excluding hydrogens is 204 g/mol. The second-order valence-electron chi connectivity index (χ2n) is 5.34. The van der Waals surface area contributed by atoms with Gasteiger partial charge in [-0.25, -0.2) is 0 Å². The largest absolute Gasteiger partial charge is 0.462 e. The number of nitrogens with one attached hydrogen (secondary N) is 2. The zero-order valence-electron chi connectivity index (χ0n) is 11.2. The van der Waals surface area contributed by atoms with E-state index in [1.165, 1.54) is 0 Å². The van der Waals surface area contributed by atoms with Gasteiger partial charge in [-0.05, 0) is 26.7 Å². The highest BCUT2D eigenvalue weighted by Gasteiger charge is 2.14. The maximum absolute atomic E-state index is 9.60. The standard InChI is InChI=1S/C7H16N2.C5H10O2/c1-6(2)7-5-8-3-4-9-7;1-5(2,3)7-4-6/h6-9H,3-5H2,1-2H3;4H,1-3H3. The molecule has 4 nitrogen and oxygen atoms in total. The molecule has 0 saturated carbocycles. The SMILES string of the molecule is CC(C)(C)OC=O.CC(C)C1CNCCN1. The normalized spacial score (nSPS) is 21.0. The number of rotatable bonds is 2. The molecule has 1 rings (SSSR count). The number of carbonyl (C=O) groups is 1. The van der Waals surface area contributed by atoms with Gasteiger partial charge in [-0.1, -0.05) is 13.8 Å². The zero-order chi connectivity index (χ0) is 12.6. The Morgan fingerprint density at radius 3 is 2.12 bits per heavy atom. The fourth-order valence-corrected chi connectivity index (χ4v) is 1.29. The van der Waals surface area contributed by atoms with Crippen LogP contribution in [0.5, 0.6) is 0 Å². The van der Waals surface area contributed by atoms with E-state index < -0.39 is 0 Å². The molecule has 0 aliphatic carbocycles. The second kappa shape index (κ2) is 7.63. The van der Waals surface area contributed by atoms with E-state index in [1.54, 1.807) is 0 Å². The smallest absolute Gasteiger partial charge is 0.293 e. The Hall–Kier alpha value is -0.610. The van der Waals surface area contributed by atoms with Crippen LogP contribution in [0.3, 0.4) is 0 Å². The number of carbonyl (C=O) groups excluding carboxylic acids is 1. The van der Waals surface area contributed by atoms with Crippen LogP contribution in [0.4, 0.5) is 0 Å². The van der Waals surface area contributed by atoms with Gasteiger partial charge in [0.1, 0.15) is 5.60 Å². The third-order valence-electron chi connectivity index (χ3n) is 2.28. The number of piperazine rings is 1. The highest BCUT2D eigenvalue weighted by Crippen LogP contribution is 2.02. The van der Waals surface area contributed by atoms with Gasteiger partial charge in [-0.15, -0.1) is 0 Å². The van der Waals surface area contributed by atoms with Gasteiger partial charge in [-0.2, -0.15) is 0 Å². The van der Waals surface area contributed by atoms with Crippen LogP contribution < -0.4 is 10.6 Å². The summed E-state index contributed by atoms with van der Waals surface area (Å²) in [6, 6.07) is 0.693. The van der Waals surface area contributed by atoms with Crippen molar-refractivity contribution in [3.8, 4) is 0 Å². The molecule has 1 unspecified atom stereocenters. The summed E-state index contributed by atoms with van der Waals surface area (Å²) in [5.74, 6) is 0.762. The second-order valence-corrected chi connectivity index (χ2v) is 5.34. The molecule has 1 aliphatic heterocycles. The molecule has 1 aliphatic rings. The molecule has 4 heteroatoms. The van der Waals surface area contributed by atoms with Crippen molar-refractivity contribution in [2.45, 2.75) is 46.3 Å². The molecule has 0 aromatic carbocycles. The lowest BCUT2D eigenvalue weighted by molar-refractivity contribution is -0.138. The summed E-state index contributed by atoms with van der Waals surface area (Å²) >= 11 is 0. The highest BCUT2D eigenvalue weighted by atomic mass is 16.5. The van der Waals surface area contributed by atoms with Crippen molar-refractivity contribution in [3.63, 3.8) is 0 Å². The minimum absolute atomic E-state index is 0.318. The van der Waals surface area contributed by atoms with Crippen LogP contribution in [-0.4, -0.2) is 37.7 Å². The Labute approximate surface area is 99.1 Å². The van der Waals surface area contributed by atoms with Crippen molar-refractivity contribution >= 4 is 6.47 Å². The molecule has 96 valence electrons. The third-order valence-corrected chi connectivity index (χ3v) is 2.28. The van der Waals surface area contributed by atoms with Crippen molar-refractivity contribution in [3.05, 3.63) is 0 Å². The van der Waals surface area contributed by atoms with E-state index in [0.717, 1.165) is 25.6 Å². The molecule has 0 radical (unpaired) electrons. The first-order valence-electron chi connectivity index (χ1n) is 5.92. The predicted molar refractivity (Wildman–Crippen MR) is 66.4 cm³/mol. The Kier molecular flexibility index (Phi) is 7.34. The average Bonchev–Trinajstić information content (AvgIpc) is 2.18. The summed E-state index contributed by atoms with van der Waals surface area (Å²) in [4.78, 5) is 9.60. The maximum atomic E-state index is 9.60. The topological polar surface area (TPSA) is 50.4 Å². The van der Waals surface area contributed by atoms with Crippen LogP contribution in [0.25, 0.3) is 0 Å². The van der Waals surface area contributed by atoms with Crippen molar-refractivity contribution in [1.29, 1.82) is 0 Å². The van der Waals surface area contributed by atoms with Gasteiger partial charge in [0.15, 0.2) is 0 Å². The first-order valence-corrected chi connectivity index (χ1v) is 5.92. The molecule has 1 saturated heterocycles. The zero-order valence-corrected chi connectivity index (χ0v) is 11.2. The summed E-state index contributed by atoms with van der Waals surface area (Å²) < 4.78 is 4.55. The minimum atomic E-state index is -0.318. The fourth-order valence-electron chi connectivity index (χ4n) is 1.29. The number of hydrogen-bond acceptors (Lipinski definition) is 4. The maximum Gasteiger partial charge on any atom is 0.293 e. The van der Waals surface area contributed by atoms with Gasteiger partial charge >= 0.3 is 0 Å². The molecule has 16 heavy (non-hydrogen) atoms. The molecule has 1 atom stereocenters. The lowest BCUT2D eigenvalue weighted by Gasteiger charge is -2.27. The third kappa shape index (κ3) is 8.68. The van der Waals surface area contributed by atoms with Crippen molar-refractivity contribution in [2.24, 2.45) is 5.92 Å². The van der Waals surface area contributed by atoms with Crippen LogP contribution in [0.1, 0.15) is 34.6 Å². The fraction of sp³-hybridized carbons (Fsp3) is 0.917. The summed E-state index contributed by atoms with van der Waals surface area (Å²) in [7, 11) is 0. The molecule has 0 amide bonds. The first-order chi connectivity index (χ1) is 7.37. The van der Waals surface area contributed by atoms with Gasteiger partial charge in [-0.3, -0.25) is 4.79 Å². The number of ether oxygens (including phenoxy) is 1. The van der Waals surface area contributed by atoms with Gasteiger partial charge in [0, 0.05) is 25.7 Å². The first kappa shape index (κ1) is 15.4. The van der Waals surface area contributed by atoms with Crippen molar-refractivity contribution < 1.29 is 9.53 Å². The van der Waals surface area contributed by atoms with E-state index in [9.17, 15) is 4.79 Å². The van der Waals surface area contributed by atoms with E-state index in [4.69, 9.17) is 0 Å². The van der Waals surface area contributed by atoms with E-state index >= 15 is 0 Å². The van der Waals surface area contributed by atoms with Crippen LogP contribution in [-0.2, 0) is 9.53 Å². The molecule has 2 N–H and O–H groups in total. The van der Waals surface area contributed by atoms with Gasteiger partial charge in [0.2, 0.25) is 0 Å². The molecule has 0 aromatic heterocycles. The van der Waals surface area contributed by atoms with E-state index in [0.29, 0.717) is 12.5 Å². The van der Waals surface area contributed by atoms with Gasteiger partial charge in [0.05, 0.1) is 0 Å². The van der Waals surface area contributed by atoms with Gasteiger partial charge in [0.25, 0.3) is 6.47 Å². The summed E-state index contributed by atoms with van der Waals surface area (Å²) in [5.41, 5.74) is -0.318. The quantitative estimate of drug-likeness (QED) is 0.699. The molecular formula is C12H26N2O2. The van der Waals surface area contributed by atoms with E-state index in [-0.39, 0.29) is 5.60 Å². The summed E-state index contributed by atoms with van der Waals surface area (Å²) in [6.45, 7) is 13.8. The van der Waals surface area contributed by atoms with Crippen molar-refractivity contribution in [1.82, 2.24) is 10.6 Å². The molecule has 1 heterocycles. The van der Waals surface area contributed by atoms with Crippen LogP contribution in [0, 0.1) is 5.92 Å². The lowest BCUT2D eigenvalue weighted by atomic mass is 10.0. The summed E-state index contributed by atoms with van der Waals surface area (Å²) in [6.07, 6.45) is 0. The Bertz CT molecular complexity index is 182. The number of hydrogen-bond donors (Lipinski definition) is 2. The Morgan fingerprint density at radius 2 is 1.94 bits per heavy atom. The Balaban J connectivity index is 0.000000293. The minimum Gasteiger partial charge on any atom is -0.462 e. The molecule has 1 fully saturated rings. The molecule has 0 spiro atoms. The van der Waals surface area contributed by atoms with E-state index in [1.807, 2.05) is 20.8 Å².